The molecule has 0 atom stereocenters. The van der Waals surface area contributed by atoms with E-state index in [9.17, 15) is 35.9 Å². The normalized spacial score (nSPS) is 14.3. The molecule has 0 radical (unpaired) electrons. The first kappa shape index (κ1) is 30.0. The molecule has 2 amide bonds. The summed E-state index contributed by atoms with van der Waals surface area (Å²) in [6.07, 6.45) is -10.9. The minimum Gasteiger partial charge on any atom is -0.444 e. The number of carbonyl (C=O) groups excluding carboxylic acids is 2. The van der Waals surface area contributed by atoms with Crippen molar-refractivity contribution < 1.29 is 40.7 Å². The summed E-state index contributed by atoms with van der Waals surface area (Å²) in [5, 5.41) is 2.19. The monoisotopic (exact) mass is 681 g/mol. The highest BCUT2D eigenvalue weighted by Crippen LogP contribution is 2.39. The van der Waals surface area contributed by atoms with Gasteiger partial charge in [0.05, 0.1) is 6.42 Å². The lowest BCUT2D eigenvalue weighted by atomic mass is 9.93. The molecule has 4 rings (SSSR count). The van der Waals surface area contributed by atoms with Crippen molar-refractivity contribution in [1.82, 2.24) is 9.47 Å². The summed E-state index contributed by atoms with van der Waals surface area (Å²) < 4.78 is 86.2. The number of aromatic nitrogens is 1. The Hall–Kier alpha value is -2.97. The van der Waals surface area contributed by atoms with Crippen molar-refractivity contribution in [1.29, 1.82) is 0 Å². The molecule has 2 aromatic carbocycles. The SMILES string of the molecule is Cn1c(CC(F)(F)F)c(I)c2cc(NC(=O)C(F)(F)F)c(-c3ccc4c(c3)CCN(C(=O)OC(C)(C)C)C4)cc21. The standard InChI is InChI=1S/C27H26F6IN3O3/c1-25(2,3)40-24(39)37-8-7-14-9-15(5-6-16(14)13-37)17-11-20-18(10-19(17)35-23(38)27(31,32)33)22(34)21(36(20)4)12-26(28,29)30/h5-6,9-11H,7-8,12-13H2,1-4H3,(H,35,38). The molecule has 1 aromatic heterocycles. The molecular weight excluding hydrogens is 655 g/mol. The quantitative estimate of drug-likeness (QED) is 0.233. The van der Waals surface area contributed by atoms with E-state index in [1.807, 2.05) is 5.32 Å². The molecule has 13 heteroatoms. The van der Waals surface area contributed by atoms with E-state index < -0.39 is 36.4 Å². The zero-order valence-corrected chi connectivity index (χ0v) is 24.1. The Balaban J connectivity index is 1.78. The number of ether oxygens (including phenoxy) is 1. The van der Waals surface area contributed by atoms with E-state index in [1.165, 1.54) is 23.7 Å². The predicted molar refractivity (Wildman–Crippen MR) is 146 cm³/mol. The maximum atomic E-state index is 13.2. The number of carbonyl (C=O) groups is 2. The summed E-state index contributed by atoms with van der Waals surface area (Å²) in [5.41, 5.74) is 1.86. The van der Waals surface area contributed by atoms with Crippen LogP contribution in [0, 0.1) is 3.57 Å². The Morgan fingerprint density at radius 1 is 1.02 bits per heavy atom. The lowest BCUT2D eigenvalue weighted by Crippen LogP contribution is -2.39. The van der Waals surface area contributed by atoms with Gasteiger partial charge >= 0.3 is 24.4 Å². The van der Waals surface area contributed by atoms with Crippen molar-refractivity contribution in [2.75, 3.05) is 11.9 Å². The van der Waals surface area contributed by atoms with Gasteiger partial charge in [0, 0.05) is 51.6 Å². The second kappa shape index (κ2) is 10.5. The fraction of sp³-hybridized carbons (Fsp3) is 0.407. The molecule has 0 spiro atoms. The lowest BCUT2D eigenvalue weighted by molar-refractivity contribution is -0.167. The second-order valence-electron chi connectivity index (χ2n) is 10.6. The van der Waals surface area contributed by atoms with Crippen molar-refractivity contribution >= 4 is 51.2 Å². The van der Waals surface area contributed by atoms with Gasteiger partial charge < -0.3 is 19.5 Å². The van der Waals surface area contributed by atoms with Crippen LogP contribution in [0.5, 0.6) is 0 Å². The van der Waals surface area contributed by atoms with E-state index in [1.54, 1.807) is 66.5 Å². The van der Waals surface area contributed by atoms with Gasteiger partial charge in [-0.3, -0.25) is 4.79 Å². The van der Waals surface area contributed by atoms with Crippen LogP contribution >= 0.6 is 22.6 Å². The first-order chi connectivity index (χ1) is 18.3. The van der Waals surface area contributed by atoms with Gasteiger partial charge in [-0.05, 0) is 78.6 Å². The van der Waals surface area contributed by atoms with E-state index in [4.69, 9.17) is 4.74 Å². The summed E-state index contributed by atoms with van der Waals surface area (Å²) in [5.74, 6) is -2.19. The zero-order valence-electron chi connectivity index (χ0n) is 22.0. The molecule has 0 unspecified atom stereocenters. The Morgan fingerprint density at radius 2 is 1.70 bits per heavy atom. The van der Waals surface area contributed by atoms with Crippen LogP contribution < -0.4 is 5.32 Å². The maximum absolute atomic E-state index is 13.2. The van der Waals surface area contributed by atoms with Gasteiger partial charge in [0.15, 0.2) is 0 Å². The van der Waals surface area contributed by atoms with Crippen molar-refractivity contribution in [2.24, 2.45) is 7.05 Å². The summed E-state index contributed by atoms with van der Waals surface area (Å²) in [6, 6.07) is 7.91. The van der Waals surface area contributed by atoms with Crippen molar-refractivity contribution in [3.63, 3.8) is 0 Å². The van der Waals surface area contributed by atoms with Crippen LogP contribution in [0.3, 0.4) is 0 Å². The smallest absolute Gasteiger partial charge is 0.444 e. The summed E-state index contributed by atoms with van der Waals surface area (Å²) in [6.45, 7) is 5.93. The van der Waals surface area contributed by atoms with E-state index >= 15 is 0 Å². The number of alkyl halides is 6. The van der Waals surface area contributed by atoms with Gasteiger partial charge in [-0.1, -0.05) is 18.2 Å². The van der Waals surface area contributed by atoms with Gasteiger partial charge in [0.2, 0.25) is 0 Å². The van der Waals surface area contributed by atoms with Gasteiger partial charge in [0.1, 0.15) is 5.60 Å². The van der Waals surface area contributed by atoms with Crippen LogP contribution in [-0.2, 0) is 36.0 Å². The molecule has 0 saturated heterocycles. The first-order valence-electron chi connectivity index (χ1n) is 12.2. The summed E-state index contributed by atoms with van der Waals surface area (Å²) in [7, 11) is 1.46. The van der Waals surface area contributed by atoms with E-state index in [-0.39, 0.29) is 32.4 Å². The number of nitrogens with zero attached hydrogens (tertiary/aromatic N) is 2. The molecule has 2 heterocycles. The predicted octanol–water partition coefficient (Wildman–Crippen LogP) is 7.35. The van der Waals surface area contributed by atoms with Crippen LogP contribution in [0.2, 0.25) is 0 Å². The number of amides is 2. The van der Waals surface area contributed by atoms with E-state index in [2.05, 4.69) is 0 Å². The average Bonchev–Trinajstić information content (AvgIpc) is 3.04. The molecule has 1 aliphatic rings. The topological polar surface area (TPSA) is 63.6 Å². The fourth-order valence-electron chi connectivity index (χ4n) is 4.61. The molecule has 6 nitrogen and oxygen atoms in total. The number of rotatable bonds is 3. The minimum absolute atomic E-state index is 0.0407. The third-order valence-electron chi connectivity index (χ3n) is 6.45. The minimum atomic E-state index is -5.17. The Bertz CT molecular complexity index is 1490. The molecule has 216 valence electrons. The third-order valence-corrected chi connectivity index (χ3v) is 7.65. The molecule has 3 aromatic rings. The zero-order chi connectivity index (χ0) is 29.8. The molecule has 0 saturated carbocycles. The highest BCUT2D eigenvalue weighted by molar-refractivity contribution is 14.1. The van der Waals surface area contributed by atoms with Gasteiger partial charge in [-0.15, -0.1) is 0 Å². The fourth-order valence-corrected chi connectivity index (χ4v) is 5.60. The van der Waals surface area contributed by atoms with Gasteiger partial charge in [-0.2, -0.15) is 26.3 Å². The Kier molecular flexibility index (Phi) is 7.84. The van der Waals surface area contributed by atoms with Gasteiger partial charge in [-0.25, -0.2) is 4.79 Å². The second-order valence-corrected chi connectivity index (χ2v) is 11.7. The number of benzene rings is 2. The molecule has 1 aliphatic heterocycles. The van der Waals surface area contributed by atoms with Crippen molar-refractivity contribution in [2.45, 2.75) is 58.1 Å². The lowest BCUT2D eigenvalue weighted by Gasteiger charge is -2.31. The highest BCUT2D eigenvalue weighted by Gasteiger charge is 2.39. The maximum Gasteiger partial charge on any atom is 0.471 e. The largest absolute Gasteiger partial charge is 0.471 e. The van der Waals surface area contributed by atoms with Crippen LogP contribution in [-0.4, -0.2) is 46.0 Å². The van der Waals surface area contributed by atoms with Crippen LogP contribution in [0.1, 0.15) is 37.6 Å². The molecule has 0 fully saturated rings. The number of halogens is 7. The van der Waals surface area contributed by atoms with Crippen LogP contribution in [0.25, 0.3) is 22.0 Å². The molecule has 0 aliphatic carbocycles. The third kappa shape index (κ3) is 6.50. The van der Waals surface area contributed by atoms with Crippen LogP contribution in [0.4, 0.5) is 36.8 Å². The number of anilines is 1. The van der Waals surface area contributed by atoms with Gasteiger partial charge in [0.25, 0.3) is 0 Å². The summed E-state index contributed by atoms with van der Waals surface area (Å²) in [4.78, 5) is 26.0. The van der Waals surface area contributed by atoms with Crippen molar-refractivity contribution in [3.05, 3.63) is 50.7 Å². The number of aryl methyl sites for hydroxylation is 1. The molecule has 40 heavy (non-hydrogen) atoms. The van der Waals surface area contributed by atoms with Crippen molar-refractivity contribution in [3.8, 4) is 11.1 Å². The Morgan fingerprint density at radius 3 is 2.30 bits per heavy atom. The molecule has 0 bridgehead atoms. The number of fused-ring (bicyclic) bond motifs is 2. The average molecular weight is 681 g/mol. The van der Waals surface area contributed by atoms with E-state index in [0.29, 0.717) is 24.0 Å². The Labute approximate surface area is 239 Å². The summed E-state index contributed by atoms with van der Waals surface area (Å²) >= 11 is 1.74. The number of hydrogen-bond donors (Lipinski definition) is 1. The highest BCUT2D eigenvalue weighted by atomic mass is 127. The van der Waals surface area contributed by atoms with Crippen LogP contribution in [0.15, 0.2) is 30.3 Å². The number of hydrogen-bond acceptors (Lipinski definition) is 3. The van der Waals surface area contributed by atoms with E-state index in [0.717, 1.165) is 11.1 Å². The molecule has 1 N–H and O–H groups in total. The first-order valence-corrected chi connectivity index (χ1v) is 13.3. The molecular formula is C27H26F6IN3O3. The number of nitrogens with one attached hydrogen (secondary N) is 1.